The lowest BCUT2D eigenvalue weighted by Gasteiger charge is -2.45. The van der Waals surface area contributed by atoms with Gasteiger partial charge in [0, 0.05) is 12.8 Å². The Morgan fingerprint density at radius 3 is 1.41 bits per heavy atom. The quantitative estimate of drug-likeness (QED) is 0.335. The predicted molar refractivity (Wildman–Crippen MR) is 150 cm³/mol. The Morgan fingerprint density at radius 2 is 1.12 bits per heavy atom. The first kappa shape index (κ1) is 40.1. The van der Waals surface area contributed by atoms with Crippen molar-refractivity contribution in [3.63, 3.8) is 0 Å². The second-order valence-corrected chi connectivity index (χ2v) is 11.0. The molecule has 2 atom stereocenters. The minimum Gasteiger partial charge on any atom is -0.465 e. The van der Waals surface area contributed by atoms with Gasteiger partial charge in [-0.1, -0.05) is 84.6 Å². The molecule has 2 aliphatic rings. The number of hydrogen-bond acceptors (Lipinski definition) is 4. The van der Waals surface area contributed by atoms with Crippen LogP contribution in [0, 0.1) is 28.6 Å². The van der Waals surface area contributed by atoms with Crippen LogP contribution in [0.2, 0.25) is 0 Å². The van der Waals surface area contributed by atoms with Crippen molar-refractivity contribution in [2.45, 2.75) is 142 Å². The maximum atomic E-state index is 11.0. The van der Waals surface area contributed by atoms with Gasteiger partial charge in [-0.05, 0) is 73.5 Å². The highest BCUT2D eigenvalue weighted by molar-refractivity contribution is 5.69. The van der Waals surface area contributed by atoms with Gasteiger partial charge in [0.2, 0.25) is 0 Å². The first-order chi connectivity index (χ1) is 14.0. The smallest absolute Gasteiger partial charge is 0.305 e. The molecule has 2 aliphatic carbocycles. The zero-order valence-electron chi connectivity index (χ0n) is 20.9. The van der Waals surface area contributed by atoms with Crippen LogP contribution in [0.25, 0.3) is 0 Å². The number of carbonyl (C=O) groups excluding carboxylic acids is 2. The largest absolute Gasteiger partial charge is 0.465 e. The minimum absolute atomic E-state index is 0. The van der Waals surface area contributed by atoms with Crippen molar-refractivity contribution in [2.75, 3.05) is 13.2 Å². The number of esters is 2. The summed E-state index contributed by atoms with van der Waals surface area (Å²) in [5.41, 5.74) is 1.21. The third-order valence-corrected chi connectivity index (χ3v) is 7.00. The van der Waals surface area contributed by atoms with Crippen LogP contribution in [-0.4, -0.2) is 25.2 Å². The van der Waals surface area contributed by atoms with Crippen molar-refractivity contribution in [1.29, 1.82) is 0 Å². The van der Waals surface area contributed by atoms with Gasteiger partial charge < -0.3 is 9.47 Å². The molecule has 0 amide bonds. The summed E-state index contributed by atoms with van der Waals surface area (Å²) in [4.78, 5) is 22.1. The summed E-state index contributed by atoms with van der Waals surface area (Å²) in [6, 6.07) is 0. The van der Waals surface area contributed by atoms with Crippen LogP contribution in [0.1, 0.15) is 142 Å². The molecule has 0 aromatic carbocycles. The highest BCUT2D eigenvalue weighted by Gasteiger charge is 2.38. The monoisotopic (exact) mass is 488 g/mol. The fourth-order valence-corrected chi connectivity index (χ4v) is 5.62. The van der Waals surface area contributed by atoms with Gasteiger partial charge in [0.15, 0.2) is 0 Å². The van der Waals surface area contributed by atoms with Gasteiger partial charge in [-0.15, -0.1) is 0 Å². The highest BCUT2D eigenvalue weighted by Crippen LogP contribution is 2.49. The van der Waals surface area contributed by atoms with Crippen molar-refractivity contribution in [2.24, 2.45) is 28.6 Å². The molecule has 0 bridgehead atoms. The van der Waals surface area contributed by atoms with Crippen molar-refractivity contribution >= 4 is 11.9 Å². The molecular weight excluding hydrogens is 424 g/mol. The second kappa shape index (κ2) is 19.2. The topological polar surface area (TPSA) is 52.6 Å². The lowest BCUT2D eigenvalue weighted by molar-refractivity contribution is -0.147. The molecule has 2 saturated carbocycles. The van der Waals surface area contributed by atoms with E-state index in [-0.39, 0.29) is 41.6 Å². The van der Waals surface area contributed by atoms with Crippen molar-refractivity contribution < 1.29 is 19.1 Å². The zero-order valence-corrected chi connectivity index (χ0v) is 20.9. The van der Waals surface area contributed by atoms with E-state index in [9.17, 15) is 9.59 Å². The summed E-state index contributed by atoms with van der Waals surface area (Å²) in [7, 11) is 0. The van der Waals surface area contributed by atoms with Crippen molar-refractivity contribution in [3.8, 4) is 0 Å². The van der Waals surface area contributed by atoms with Gasteiger partial charge in [0.1, 0.15) is 0 Å². The fourth-order valence-electron chi connectivity index (χ4n) is 5.62. The number of hydrogen-bond donors (Lipinski definition) is 0. The summed E-state index contributed by atoms with van der Waals surface area (Å²) in [6.07, 6.45) is 10.8. The molecule has 0 aliphatic heterocycles. The average molecular weight is 489 g/mol. The maximum Gasteiger partial charge on any atom is 0.305 e. The second-order valence-electron chi connectivity index (χ2n) is 11.0. The molecule has 0 spiro atoms. The number of rotatable bonds is 7. The normalized spacial score (nSPS) is 27.0. The lowest BCUT2D eigenvalue weighted by atomic mass is 9.60. The molecular formula is C30H64O4. The van der Waals surface area contributed by atoms with E-state index in [0.717, 1.165) is 31.6 Å². The Balaban J connectivity index is -0.000000251. The molecule has 0 heterocycles. The van der Waals surface area contributed by atoms with Crippen LogP contribution in [0.15, 0.2) is 0 Å². The van der Waals surface area contributed by atoms with Crippen LogP contribution in [0.4, 0.5) is 0 Å². The lowest BCUT2D eigenvalue weighted by Crippen LogP contribution is -2.34. The van der Waals surface area contributed by atoms with E-state index >= 15 is 0 Å². The van der Waals surface area contributed by atoms with E-state index in [1.807, 2.05) is 0 Å². The van der Waals surface area contributed by atoms with Gasteiger partial charge in [-0.3, -0.25) is 9.59 Å². The van der Waals surface area contributed by atoms with Gasteiger partial charge in [-0.2, -0.15) is 0 Å². The first-order valence-corrected chi connectivity index (χ1v) is 12.3. The first-order valence-electron chi connectivity index (χ1n) is 12.3. The van der Waals surface area contributed by atoms with Crippen LogP contribution < -0.4 is 0 Å². The minimum atomic E-state index is -0.117. The molecule has 34 heavy (non-hydrogen) atoms. The Bertz CT molecular complexity index is 492. The van der Waals surface area contributed by atoms with Crippen LogP contribution in [-0.2, 0) is 19.1 Å². The third kappa shape index (κ3) is 15.8. The Hall–Kier alpha value is -1.06. The van der Waals surface area contributed by atoms with Crippen molar-refractivity contribution in [1.82, 2.24) is 0 Å². The zero-order chi connectivity index (χ0) is 22.8. The van der Waals surface area contributed by atoms with Crippen LogP contribution >= 0.6 is 0 Å². The SMILES string of the molecule is C.C.C.C.CCC(=O)OCC1CCC(COC(=O)CC)CC1.CCC1(C)CC(C)CC(C)(C)C1. The number of ether oxygens (including phenoxy) is 2. The molecule has 2 rings (SSSR count). The molecule has 0 aromatic heterocycles. The fraction of sp³-hybridized carbons (Fsp3) is 0.933. The Kier molecular flexibility index (Phi) is 22.6. The Morgan fingerprint density at radius 1 is 0.735 bits per heavy atom. The van der Waals surface area contributed by atoms with Crippen molar-refractivity contribution in [3.05, 3.63) is 0 Å². The molecule has 0 saturated heterocycles. The van der Waals surface area contributed by atoms with E-state index in [1.54, 1.807) is 13.8 Å². The predicted octanol–water partition coefficient (Wildman–Crippen LogP) is 9.49. The summed E-state index contributed by atoms with van der Waals surface area (Å²) in [5, 5.41) is 0. The molecule has 4 heteroatoms. The summed E-state index contributed by atoms with van der Waals surface area (Å²) >= 11 is 0. The van der Waals surface area contributed by atoms with E-state index in [1.165, 1.54) is 25.7 Å². The van der Waals surface area contributed by atoms with Gasteiger partial charge in [-0.25, -0.2) is 0 Å². The molecule has 208 valence electrons. The maximum absolute atomic E-state index is 11.0. The van der Waals surface area contributed by atoms with Crippen LogP contribution in [0.3, 0.4) is 0 Å². The third-order valence-electron chi connectivity index (χ3n) is 7.00. The molecule has 0 N–H and O–H groups in total. The van der Waals surface area contributed by atoms with E-state index in [0.29, 0.717) is 48.7 Å². The summed E-state index contributed by atoms with van der Waals surface area (Å²) in [6.45, 7) is 16.8. The summed E-state index contributed by atoms with van der Waals surface area (Å²) in [5.74, 6) is 1.67. The molecule has 0 radical (unpaired) electrons. The average Bonchev–Trinajstić information content (AvgIpc) is 2.69. The van der Waals surface area contributed by atoms with Gasteiger partial charge in [0.25, 0.3) is 0 Å². The number of carbonyl (C=O) groups is 2. The Labute approximate surface area is 215 Å². The molecule has 4 nitrogen and oxygen atoms in total. The molecule has 2 fully saturated rings. The highest BCUT2D eigenvalue weighted by atomic mass is 16.5. The van der Waals surface area contributed by atoms with Gasteiger partial charge in [0.05, 0.1) is 13.2 Å². The molecule has 2 unspecified atom stereocenters. The van der Waals surface area contributed by atoms with Crippen LogP contribution in [0.5, 0.6) is 0 Å². The standard InChI is InChI=1S/C14H24O4.C12H24.4CH4/c1-3-13(15)17-9-11-5-7-12(8-6-11)10-18-14(16)4-2;1-6-12(5)8-10(2)7-11(3,4)9-12;;;;/h11-12H,3-10H2,1-2H3;10H,6-9H2,1-5H3;4*1H4. The summed E-state index contributed by atoms with van der Waals surface area (Å²) < 4.78 is 10.3. The van der Waals surface area contributed by atoms with E-state index < -0.39 is 0 Å². The van der Waals surface area contributed by atoms with Gasteiger partial charge >= 0.3 is 11.9 Å². The van der Waals surface area contributed by atoms with E-state index in [4.69, 9.17) is 9.47 Å². The van der Waals surface area contributed by atoms with E-state index in [2.05, 4.69) is 34.6 Å². The molecule has 0 aromatic rings.